The molecule has 35 heavy (non-hydrogen) atoms. The van der Waals surface area contributed by atoms with Gasteiger partial charge in [0.15, 0.2) is 0 Å². The smallest absolute Gasteiger partial charge is 0.0659 e. The van der Waals surface area contributed by atoms with Gasteiger partial charge in [0.05, 0.1) is 45.2 Å². The predicted molar refractivity (Wildman–Crippen MR) is 144 cm³/mol. The maximum atomic E-state index is 4.72. The van der Waals surface area contributed by atoms with E-state index in [0.717, 1.165) is 67.3 Å². The van der Waals surface area contributed by atoms with Crippen LogP contribution in [0, 0.1) is 0 Å². The number of aromatic nitrogens is 6. The molecule has 0 unspecified atom stereocenters. The highest BCUT2D eigenvalue weighted by Crippen LogP contribution is 2.19. The molecule has 7 heterocycles. The van der Waals surface area contributed by atoms with E-state index in [1.807, 2.05) is 60.7 Å². The van der Waals surface area contributed by atoms with Gasteiger partial charge < -0.3 is 15.0 Å². The topological polar surface area (TPSA) is 86.0 Å². The van der Waals surface area contributed by atoms with Gasteiger partial charge in [-0.3, -0.25) is 0 Å². The van der Waals surface area contributed by atoms with Crippen LogP contribution >= 0.6 is 0 Å². The number of aromatic amines is 3. The Morgan fingerprint density at radius 1 is 0.343 bits per heavy atom. The first-order valence-electron chi connectivity index (χ1n) is 11.4. The maximum Gasteiger partial charge on any atom is 0.0659 e. The number of hydrogen-bond acceptors (Lipinski definition) is 3. The minimum Gasteiger partial charge on any atom is -0.355 e. The first kappa shape index (κ1) is 19.5. The Labute approximate surface area is 200 Å². The van der Waals surface area contributed by atoms with Crippen LogP contribution in [-0.4, -0.2) is 29.9 Å². The lowest BCUT2D eigenvalue weighted by atomic mass is 10.3. The predicted octanol–water partition coefficient (Wildman–Crippen LogP) is 6.70. The molecule has 6 nitrogen and oxygen atoms in total. The summed E-state index contributed by atoms with van der Waals surface area (Å²) in [6, 6.07) is 22.6. The van der Waals surface area contributed by atoms with Gasteiger partial charge in [0.1, 0.15) is 0 Å². The van der Waals surface area contributed by atoms with Crippen molar-refractivity contribution in [2.45, 2.75) is 0 Å². The van der Waals surface area contributed by atoms with E-state index in [9.17, 15) is 0 Å². The minimum absolute atomic E-state index is 0.873. The van der Waals surface area contributed by atoms with Gasteiger partial charge in [0.25, 0.3) is 0 Å². The average Bonchev–Trinajstić information content (AvgIpc) is 3.65. The van der Waals surface area contributed by atoms with Crippen LogP contribution < -0.4 is 0 Å². The van der Waals surface area contributed by atoms with E-state index in [1.165, 1.54) is 0 Å². The van der Waals surface area contributed by atoms with E-state index < -0.39 is 0 Å². The highest BCUT2D eigenvalue weighted by Gasteiger charge is 2.04. The Hall–Kier alpha value is -4.97. The fourth-order valence-corrected chi connectivity index (χ4v) is 4.36. The van der Waals surface area contributed by atoms with Gasteiger partial charge >= 0.3 is 0 Å². The molecule has 0 aromatic carbocycles. The molecule has 0 aliphatic carbocycles. The van der Waals surface area contributed by atoms with E-state index in [0.29, 0.717) is 0 Å². The molecule has 4 aromatic rings. The molecule has 0 saturated carbocycles. The standard InChI is InChI=1S/C29H20N6/c1-3-20-14-22-5-7-24(32-22)16-26-9-11-28(34-26)29-12-10-27(35-29)17-25-8-6-23(33-25)15-21-4-2-19(31-21)13-18(1)30-20/h1-17,32,34-35H. The molecular weight excluding hydrogens is 432 g/mol. The van der Waals surface area contributed by atoms with Gasteiger partial charge in [-0.25, -0.2) is 15.0 Å². The Kier molecular flexibility index (Phi) is 4.35. The molecule has 4 aromatic heterocycles. The molecule has 0 saturated heterocycles. The number of hydrogen-bond donors (Lipinski definition) is 3. The summed E-state index contributed by atoms with van der Waals surface area (Å²) < 4.78 is 0. The van der Waals surface area contributed by atoms with Crippen LogP contribution in [0.5, 0.6) is 0 Å². The summed E-state index contributed by atoms with van der Waals surface area (Å²) >= 11 is 0. The summed E-state index contributed by atoms with van der Waals surface area (Å²) in [7, 11) is 0. The number of nitrogens with zero attached hydrogens (tertiary/aromatic N) is 3. The van der Waals surface area contributed by atoms with Crippen molar-refractivity contribution < 1.29 is 0 Å². The highest BCUT2D eigenvalue weighted by atomic mass is 14.8. The molecule has 0 atom stereocenters. The number of nitrogens with one attached hydrogen (secondary N) is 3. The summed E-state index contributed by atoms with van der Waals surface area (Å²) in [5, 5.41) is 0. The molecule has 12 bridgehead atoms. The van der Waals surface area contributed by atoms with Crippen molar-refractivity contribution in [3.05, 3.63) is 101 Å². The number of rotatable bonds is 0. The SMILES string of the molecule is C1=Cc2cc3nc(cc4ccc([nH]4)c4ccc(cc5ccc(cc6nc(cc1n2)C=C6)[nH]5)[nH]4)C=C3. The zero-order chi connectivity index (χ0) is 23.2. The fourth-order valence-electron chi connectivity index (χ4n) is 4.36. The third-order valence-corrected chi connectivity index (χ3v) is 6.00. The van der Waals surface area contributed by atoms with E-state index in [1.54, 1.807) is 0 Å². The quantitative estimate of drug-likeness (QED) is 0.239. The molecule has 0 radical (unpaired) electrons. The summed E-state index contributed by atoms with van der Waals surface area (Å²) in [4.78, 5) is 24.5. The normalized spacial score (nSPS) is 12.8. The van der Waals surface area contributed by atoms with Crippen molar-refractivity contribution >= 4 is 69.6 Å². The summed E-state index contributed by atoms with van der Waals surface area (Å²) in [6.07, 6.45) is 12.0. The molecule has 0 fully saturated rings. The first-order chi connectivity index (χ1) is 17.2. The monoisotopic (exact) mass is 452 g/mol. The molecule has 3 N–H and O–H groups in total. The lowest BCUT2D eigenvalue weighted by Crippen LogP contribution is -1.78. The van der Waals surface area contributed by atoms with Crippen LogP contribution in [0.15, 0.2) is 66.7 Å². The van der Waals surface area contributed by atoms with E-state index in [-0.39, 0.29) is 0 Å². The van der Waals surface area contributed by atoms with Crippen LogP contribution in [0.4, 0.5) is 0 Å². The second-order valence-corrected chi connectivity index (χ2v) is 8.63. The fraction of sp³-hybridized carbons (Fsp3) is 0. The lowest BCUT2D eigenvalue weighted by molar-refractivity contribution is 1.26. The van der Waals surface area contributed by atoms with Crippen LogP contribution in [-0.2, 0) is 0 Å². The number of H-pyrrole nitrogens is 3. The minimum atomic E-state index is 0.873. The van der Waals surface area contributed by atoms with Crippen molar-refractivity contribution in [3.63, 3.8) is 0 Å². The van der Waals surface area contributed by atoms with Crippen molar-refractivity contribution in [2.24, 2.45) is 0 Å². The maximum absolute atomic E-state index is 4.72. The third kappa shape index (κ3) is 3.98. The first-order valence-corrected chi connectivity index (χ1v) is 11.4. The van der Waals surface area contributed by atoms with Crippen molar-refractivity contribution in [1.82, 2.24) is 29.9 Å². The second-order valence-electron chi connectivity index (χ2n) is 8.63. The molecule has 0 spiro atoms. The zero-order valence-electron chi connectivity index (χ0n) is 18.7. The lowest BCUT2D eigenvalue weighted by Gasteiger charge is -1.86. The summed E-state index contributed by atoms with van der Waals surface area (Å²) in [5.41, 5.74) is 11.4. The van der Waals surface area contributed by atoms with Crippen molar-refractivity contribution in [2.75, 3.05) is 0 Å². The van der Waals surface area contributed by atoms with Crippen molar-refractivity contribution in [3.8, 4) is 0 Å². The Balaban J connectivity index is 1.46. The van der Waals surface area contributed by atoms with Crippen LogP contribution in [0.2, 0.25) is 0 Å². The van der Waals surface area contributed by atoms with Crippen LogP contribution in [0.3, 0.4) is 0 Å². The summed E-state index contributed by atoms with van der Waals surface area (Å²) in [6.45, 7) is 0. The zero-order valence-corrected chi connectivity index (χ0v) is 18.7. The molecule has 6 heteroatoms. The van der Waals surface area contributed by atoms with Gasteiger partial charge in [-0.1, -0.05) is 0 Å². The second kappa shape index (κ2) is 7.81. The molecule has 7 rings (SSSR count). The van der Waals surface area contributed by atoms with E-state index in [4.69, 9.17) is 15.0 Å². The Morgan fingerprint density at radius 2 is 0.686 bits per heavy atom. The molecular formula is C29H20N6. The largest absolute Gasteiger partial charge is 0.355 e. The van der Waals surface area contributed by atoms with Crippen LogP contribution in [0.25, 0.3) is 69.6 Å². The van der Waals surface area contributed by atoms with Crippen molar-refractivity contribution in [1.29, 1.82) is 0 Å². The van der Waals surface area contributed by atoms with E-state index in [2.05, 4.69) is 57.4 Å². The highest BCUT2D eigenvalue weighted by molar-refractivity contribution is 5.82. The summed E-state index contributed by atoms with van der Waals surface area (Å²) in [5.74, 6) is 0. The Morgan fingerprint density at radius 3 is 1.17 bits per heavy atom. The third-order valence-electron chi connectivity index (χ3n) is 6.00. The molecule has 166 valence electrons. The van der Waals surface area contributed by atoms with Crippen LogP contribution in [0.1, 0.15) is 34.2 Å². The molecule has 3 aliphatic heterocycles. The van der Waals surface area contributed by atoms with Gasteiger partial charge in [-0.2, -0.15) is 0 Å². The Bertz CT molecular complexity index is 1860. The number of fused-ring (bicyclic) bond motifs is 13. The van der Waals surface area contributed by atoms with Gasteiger partial charge in [0, 0.05) is 22.1 Å². The molecule has 3 aliphatic rings. The van der Waals surface area contributed by atoms with Gasteiger partial charge in [-0.15, -0.1) is 0 Å². The average molecular weight is 453 g/mol. The van der Waals surface area contributed by atoms with Gasteiger partial charge in [0.2, 0.25) is 0 Å². The van der Waals surface area contributed by atoms with E-state index >= 15 is 0 Å². The van der Waals surface area contributed by atoms with Gasteiger partial charge in [-0.05, 0) is 103 Å². The molecule has 0 amide bonds.